The van der Waals surface area contributed by atoms with Crippen LogP contribution in [0.2, 0.25) is 0 Å². The van der Waals surface area contributed by atoms with E-state index >= 15 is 0 Å². The van der Waals surface area contributed by atoms with Gasteiger partial charge in [-0.25, -0.2) is 0 Å². The first-order valence-electron chi connectivity index (χ1n) is 3.78. The van der Waals surface area contributed by atoms with Crippen LogP contribution in [0.25, 0.3) is 0 Å². The van der Waals surface area contributed by atoms with Gasteiger partial charge in [-0.15, -0.1) is 0 Å². The smallest absolute Gasteiger partial charge is 0.178 e. The van der Waals surface area contributed by atoms with E-state index in [0.29, 0.717) is 0 Å². The summed E-state index contributed by atoms with van der Waals surface area (Å²) in [6, 6.07) is 6.67. The molecule has 0 aliphatic carbocycles. The van der Waals surface area contributed by atoms with Crippen molar-refractivity contribution < 1.29 is 4.12 Å². The van der Waals surface area contributed by atoms with Crippen molar-refractivity contribution in [2.45, 2.75) is 13.8 Å². The highest BCUT2D eigenvalue weighted by atomic mass is 28.3. The second-order valence-electron chi connectivity index (χ2n) is 2.93. The summed E-state index contributed by atoms with van der Waals surface area (Å²) < 4.78 is 5.32. The maximum atomic E-state index is 5.32. The van der Waals surface area contributed by atoms with Crippen LogP contribution in [0.15, 0.2) is 18.2 Å². The van der Waals surface area contributed by atoms with Crippen molar-refractivity contribution in [3.8, 4) is 0 Å². The minimum atomic E-state index is -0.382. The van der Waals surface area contributed by atoms with Gasteiger partial charge >= 0.3 is 0 Å². The van der Waals surface area contributed by atoms with Gasteiger partial charge in [0.1, 0.15) is 10.5 Å². The largest absolute Gasteiger partial charge is 0.465 e. The molecule has 11 heavy (non-hydrogen) atoms. The zero-order valence-corrected chi connectivity index (χ0v) is 10.8. The van der Waals surface area contributed by atoms with Gasteiger partial charge in [0.2, 0.25) is 0 Å². The van der Waals surface area contributed by atoms with E-state index < -0.39 is 0 Å². The molecular formula is C8H14OSi2. The Bertz CT molecular complexity index is 228. The number of hydrogen-bond donors (Lipinski definition) is 0. The topological polar surface area (TPSA) is 9.23 Å². The molecule has 1 rings (SSSR count). The number of hydrogen-bond acceptors (Lipinski definition) is 1. The number of rotatable bonds is 2. The van der Waals surface area contributed by atoms with E-state index in [1.54, 1.807) is 0 Å². The standard InChI is InChI=1S/C8H14OSi2/c1-6-3-7(2)5-8(4-6)11-9-10/h3-5H,11H2,1-2,10H3. The first-order chi connectivity index (χ1) is 5.22. The minimum absolute atomic E-state index is 0.382. The summed E-state index contributed by atoms with van der Waals surface area (Å²) >= 11 is 0. The van der Waals surface area contributed by atoms with E-state index in [1.807, 2.05) is 0 Å². The molecule has 0 aliphatic heterocycles. The van der Waals surface area contributed by atoms with Gasteiger partial charge in [0.15, 0.2) is 9.76 Å². The lowest BCUT2D eigenvalue weighted by Crippen LogP contribution is -2.16. The molecule has 3 heteroatoms. The molecule has 0 radical (unpaired) electrons. The molecule has 0 heterocycles. The molecule has 1 aromatic rings. The fraction of sp³-hybridized carbons (Fsp3) is 0.250. The Labute approximate surface area is 73.3 Å². The van der Waals surface area contributed by atoms with Gasteiger partial charge in [0, 0.05) is 0 Å². The lowest BCUT2D eigenvalue weighted by molar-refractivity contribution is 0.676. The van der Waals surface area contributed by atoms with Gasteiger partial charge in [0.25, 0.3) is 0 Å². The molecule has 1 aromatic carbocycles. The van der Waals surface area contributed by atoms with E-state index in [2.05, 4.69) is 32.0 Å². The van der Waals surface area contributed by atoms with Crippen LogP contribution in [0, 0.1) is 13.8 Å². The van der Waals surface area contributed by atoms with Gasteiger partial charge in [-0.2, -0.15) is 0 Å². The molecule has 1 nitrogen and oxygen atoms in total. The van der Waals surface area contributed by atoms with E-state index in [-0.39, 0.29) is 9.76 Å². The average Bonchev–Trinajstić information content (AvgIpc) is 1.85. The maximum Gasteiger partial charge on any atom is 0.178 e. The Morgan fingerprint density at radius 2 is 1.73 bits per heavy atom. The first kappa shape index (κ1) is 8.71. The Morgan fingerprint density at radius 1 is 1.18 bits per heavy atom. The van der Waals surface area contributed by atoms with Crippen LogP contribution < -0.4 is 5.19 Å². The Balaban J connectivity index is 2.89. The molecule has 0 fully saturated rings. The molecule has 0 saturated heterocycles. The maximum absolute atomic E-state index is 5.32. The second-order valence-corrected chi connectivity index (χ2v) is 6.34. The molecule has 0 bridgehead atoms. The zero-order chi connectivity index (χ0) is 8.27. The highest BCUT2D eigenvalue weighted by molar-refractivity contribution is 6.50. The van der Waals surface area contributed by atoms with Crippen LogP contribution in [-0.4, -0.2) is 20.2 Å². The summed E-state index contributed by atoms with van der Waals surface area (Å²) in [7, 11) is 0.499. The summed E-state index contributed by atoms with van der Waals surface area (Å²) in [5, 5.41) is 1.43. The van der Waals surface area contributed by atoms with Crippen LogP contribution in [0.4, 0.5) is 0 Å². The van der Waals surface area contributed by atoms with Crippen molar-refractivity contribution in [1.82, 2.24) is 0 Å². The summed E-state index contributed by atoms with van der Waals surface area (Å²) in [6.07, 6.45) is 0. The molecule has 60 valence electrons. The fourth-order valence-electron chi connectivity index (χ4n) is 1.32. The molecule has 0 amide bonds. The summed E-state index contributed by atoms with van der Waals surface area (Å²) in [5.41, 5.74) is 2.71. The molecule has 0 unspecified atom stereocenters. The molecule has 0 saturated carbocycles. The predicted octanol–water partition coefficient (Wildman–Crippen LogP) is -0.690. The van der Waals surface area contributed by atoms with Gasteiger partial charge in [-0.3, -0.25) is 0 Å². The lowest BCUT2D eigenvalue weighted by Gasteiger charge is -2.02. The normalized spacial score (nSPS) is 11.5. The Hall–Kier alpha value is -0.386. The van der Waals surface area contributed by atoms with E-state index in [0.717, 1.165) is 10.5 Å². The fourth-order valence-corrected chi connectivity index (χ4v) is 3.46. The summed E-state index contributed by atoms with van der Waals surface area (Å²) in [6.45, 7) is 4.27. The van der Waals surface area contributed by atoms with Crippen molar-refractivity contribution >= 4 is 25.4 Å². The van der Waals surface area contributed by atoms with Crippen LogP contribution >= 0.6 is 0 Å². The lowest BCUT2D eigenvalue weighted by atomic mass is 10.2. The third kappa shape index (κ3) is 2.61. The first-order valence-corrected chi connectivity index (χ1v) is 5.88. The molecule has 0 aliphatic rings. The molecule has 0 N–H and O–H groups in total. The zero-order valence-electron chi connectivity index (χ0n) is 7.35. The predicted molar refractivity (Wildman–Crippen MR) is 55.1 cm³/mol. The van der Waals surface area contributed by atoms with E-state index in [9.17, 15) is 0 Å². The van der Waals surface area contributed by atoms with Crippen molar-refractivity contribution in [1.29, 1.82) is 0 Å². The summed E-state index contributed by atoms with van der Waals surface area (Å²) in [4.78, 5) is 0. The quantitative estimate of drug-likeness (QED) is 0.550. The van der Waals surface area contributed by atoms with Crippen molar-refractivity contribution in [2.24, 2.45) is 0 Å². The van der Waals surface area contributed by atoms with Crippen molar-refractivity contribution in [3.05, 3.63) is 29.3 Å². The number of benzene rings is 1. The molecule has 0 atom stereocenters. The minimum Gasteiger partial charge on any atom is -0.465 e. The third-order valence-corrected chi connectivity index (χ3v) is 3.49. The third-order valence-electron chi connectivity index (χ3n) is 1.59. The number of aryl methyl sites for hydroxylation is 2. The monoisotopic (exact) mass is 182 g/mol. The Kier molecular flexibility index (Phi) is 3.05. The van der Waals surface area contributed by atoms with Crippen molar-refractivity contribution in [2.75, 3.05) is 0 Å². The van der Waals surface area contributed by atoms with Crippen LogP contribution in [0.1, 0.15) is 11.1 Å². The second kappa shape index (κ2) is 3.85. The average molecular weight is 182 g/mol. The van der Waals surface area contributed by atoms with Crippen LogP contribution in [-0.2, 0) is 4.12 Å². The molecular weight excluding hydrogens is 168 g/mol. The van der Waals surface area contributed by atoms with Gasteiger partial charge in [-0.05, 0) is 19.0 Å². The van der Waals surface area contributed by atoms with Gasteiger partial charge in [0.05, 0.1) is 0 Å². The highest BCUT2D eigenvalue weighted by Crippen LogP contribution is 1.99. The Morgan fingerprint density at radius 3 is 2.18 bits per heavy atom. The summed E-state index contributed by atoms with van der Waals surface area (Å²) in [5.74, 6) is 0. The van der Waals surface area contributed by atoms with Gasteiger partial charge in [-0.1, -0.05) is 29.3 Å². The molecule has 0 aromatic heterocycles. The van der Waals surface area contributed by atoms with E-state index in [4.69, 9.17) is 4.12 Å². The van der Waals surface area contributed by atoms with Crippen molar-refractivity contribution in [3.63, 3.8) is 0 Å². The van der Waals surface area contributed by atoms with E-state index in [1.165, 1.54) is 16.3 Å². The SMILES string of the molecule is Cc1cc(C)cc([SiH2]O[SiH3])c1. The van der Waals surface area contributed by atoms with Crippen LogP contribution in [0.5, 0.6) is 0 Å². The van der Waals surface area contributed by atoms with Gasteiger partial charge < -0.3 is 4.12 Å². The molecule has 0 spiro atoms. The van der Waals surface area contributed by atoms with Crippen LogP contribution in [0.3, 0.4) is 0 Å². The highest BCUT2D eigenvalue weighted by Gasteiger charge is 1.94.